The van der Waals surface area contributed by atoms with Gasteiger partial charge in [0.1, 0.15) is 17.3 Å². The van der Waals surface area contributed by atoms with Gasteiger partial charge in [-0.15, -0.1) is 0 Å². The van der Waals surface area contributed by atoms with Crippen LogP contribution in [0.3, 0.4) is 0 Å². The maximum absolute atomic E-state index is 12.5. The van der Waals surface area contributed by atoms with E-state index in [2.05, 4.69) is 20.6 Å². The van der Waals surface area contributed by atoms with E-state index in [1.807, 2.05) is 13.0 Å². The normalized spacial score (nSPS) is 15.8. The fraction of sp³-hybridized carbons (Fsp3) is 0.238. The molecule has 0 radical (unpaired) electrons. The molecule has 6 N–H and O–H groups in total. The molecular formula is C21H23N7O2. The van der Waals surface area contributed by atoms with Crippen LogP contribution in [0, 0.1) is 6.92 Å². The lowest BCUT2D eigenvalue weighted by Crippen LogP contribution is -2.27. The number of carbonyl (C=O) groups excluding carboxylic acids is 2. The predicted molar refractivity (Wildman–Crippen MR) is 113 cm³/mol. The van der Waals surface area contributed by atoms with E-state index >= 15 is 0 Å². The fourth-order valence-corrected chi connectivity index (χ4v) is 3.55. The maximum Gasteiger partial charge on any atom is 0.269 e. The van der Waals surface area contributed by atoms with Gasteiger partial charge in [0, 0.05) is 17.3 Å². The molecule has 9 heteroatoms. The van der Waals surface area contributed by atoms with Crippen LogP contribution in [0.4, 0.5) is 5.82 Å². The molecule has 4 rings (SSSR count). The molecule has 9 nitrogen and oxygen atoms in total. The van der Waals surface area contributed by atoms with Crippen LogP contribution in [0.25, 0.3) is 11.3 Å². The van der Waals surface area contributed by atoms with Gasteiger partial charge in [-0.3, -0.25) is 9.59 Å². The summed E-state index contributed by atoms with van der Waals surface area (Å²) in [6, 6.07) is 10.4. The van der Waals surface area contributed by atoms with Crippen LogP contribution in [0.15, 0.2) is 42.6 Å². The highest BCUT2D eigenvalue weighted by molar-refractivity contribution is 6.04. The van der Waals surface area contributed by atoms with Crippen LogP contribution in [0.1, 0.15) is 51.1 Å². The van der Waals surface area contributed by atoms with Crippen molar-refractivity contribution in [3.05, 3.63) is 65.2 Å². The highest BCUT2D eigenvalue weighted by Gasteiger charge is 2.27. The van der Waals surface area contributed by atoms with Crippen LogP contribution >= 0.6 is 0 Å². The van der Waals surface area contributed by atoms with E-state index in [-0.39, 0.29) is 17.6 Å². The molecule has 0 bridgehead atoms. The number of nitrogens with zero attached hydrogens (tertiary/aromatic N) is 3. The summed E-state index contributed by atoms with van der Waals surface area (Å²) in [6.45, 7) is 2.80. The number of nitrogen functional groups attached to an aromatic ring is 1. The van der Waals surface area contributed by atoms with Crippen molar-refractivity contribution in [1.82, 2.24) is 20.0 Å². The molecule has 0 spiro atoms. The number of aryl methyl sites for hydroxylation is 1. The van der Waals surface area contributed by atoms with Gasteiger partial charge in [-0.05, 0) is 50.1 Å². The van der Waals surface area contributed by atoms with Crippen molar-refractivity contribution in [2.75, 3.05) is 17.7 Å². The van der Waals surface area contributed by atoms with Crippen LogP contribution in [-0.2, 0) is 0 Å². The third-order valence-corrected chi connectivity index (χ3v) is 5.12. The SMILES string of the molecule is Cc1ccc(NC(=O)c2ccc(-c3nc([C@@H]4CCCN4)n(N)c3C(N)=O)cc2)nc1. The molecule has 2 amide bonds. The van der Waals surface area contributed by atoms with Crippen molar-refractivity contribution < 1.29 is 9.59 Å². The van der Waals surface area contributed by atoms with E-state index in [1.165, 1.54) is 4.68 Å². The number of benzene rings is 1. The third-order valence-electron chi connectivity index (χ3n) is 5.12. The number of carbonyl (C=O) groups is 2. The Kier molecular flexibility index (Phi) is 5.20. The fourth-order valence-electron chi connectivity index (χ4n) is 3.55. The van der Waals surface area contributed by atoms with Crippen LogP contribution < -0.4 is 22.2 Å². The number of rotatable bonds is 5. The summed E-state index contributed by atoms with van der Waals surface area (Å²) in [5.41, 5.74) is 8.22. The Bertz CT molecular complexity index is 1080. The molecule has 0 unspecified atom stereocenters. The maximum atomic E-state index is 12.5. The second kappa shape index (κ2) is 7.96. The number of anilines is 1. The lowest BCUT2D eigenvalue weighted by atomic mass is 10.1. The topological polar surface area (TPSA) is 141 Å². The van der Waals surface area contributed by atoms with Crippen LogP contribution in [0.5, 0.6) is 0 Å². The minimum atomic E-state index is -0.656. The first kappa shape index (κ1) is 19.6. The van der Waals surface area contributed by atoms with E-state index < -0.39 is 5.91 Å². The van der Waals surface area contributed by atoms with Gasteiger partial charge in [0.15, 0.2) is 5.69 Å². The first-order valence-corrected chi connectivity index (χ1v) is 9.69. The number of nitrogens with two attached hydrogens (primary N) is 2. The average Bonchev–Trinajstić information content (AvgIpc) is 3.37. The summed E-state index contributed by atoms with van der Waals surface area (Å²) in [5, 5.41) is 6.07. The van der Waals surface area contributed by atoms with Crippen molar-refractivity contribution in [1.29, 1.82) is 0 Å². The molecule has 1 aliphatic rings. The third kappa shape index (κ3) is 3.74. The molecule has 0 saturated carbocycles. The van der Waals surface area contributed by atoms with Crippen LogP contribution in [0.2, 0.25) is 0 Å². The van der Waals surface area contributed by atoms with Crippen molar-refractivity contribution in [2.45, 2.75) is 25.8 Å². The highest BCUT2D eigenvalue weighted by Crippen LogP contribution is 2.29. The first-order chi connectivity index (χ1) is 14.4. The number of nitrogens with one attached hydrogen (secondary N) is 2. The number of amides is 2. The van der Waals surface area contributed by atoms with E-state index in [0.29, 0.717) is 28.5 Å². The Morgan fingerprint density at radius 2 is 1.97 bits per heavy atom. The smallest absolute Gasteiger partial charge is 0.269 e. The Morgan fingerprint density at radius 3 is 2.57 bits per heavy atom. The van der Waals surface area contributed by atoms with E-state index in [9.17, 15) is 9.59 Å². The number of imidazole rings is 1. The van der Waals surface area contributed by atoms with Gasteiger partial charge in [0.2, 0.25) is 0 Å². The Morgan fingerprint density at radius 1 is 1.20 bits per heavy atom. The Hall–Kier alpha value is -3.72. The van der Waals surface area contributed by atoms with Crippen molar-refractivity contribution >= 4 is 17.6 Å². The monoisotopic (exact) mass is 405 g/mol. The number of hydrogen-bond donors (Lipinski definition) is 4. The molecule has 1 saturated heterocycles. The Balaban J connectivity index is 1.60. The quantitative estimate of drug-likeness (QED) is 0.477. The van der Waals surface area contributed by atoms with Crippen LogP contribution in [-0.4, -0.2) is 33.0 Å². The summed E-state index contributed by atoms with van der Waals surface area (Å²) < 4.78 is 1.27. The number of pyridine rings is 1. The van der Waals surface area contributed by atoms with Crippen molar-refractivity contribution in [3.63, 3.8) is 0 Å². The summed E-state index contributed by atoms with van der Waals surface area (Å²) in [7, 11) is 0. The van der Waals surface area contributed by atoms with E-state index in [1.54, 1.807) is 36.5 Å². The summed E-state index contributed by atoms with van der Waals surface area (Å²) in [4.78, 5) is 33.3. The summed E-state index contributed by atoms with van der Waals surface area (Å²) in [6.07, 6.45) is 3.58. The molecule has 0 aliphatic carbocycles. The zero-order valence-electron chi connectivity index (χ0n) is 16.6. The zero-order chi connectivity index (χ0) is 21.3. The van der Waals surface area contributed by atoms with Crippen molar-refractivity contribution in [3.8, 4) is 11.3 Å². The second-order valence-corrected chi connectivity index (χ2v) is 7.30. The minimum Gasteiger partial charge on any atom is -0.364 e. The molecule has 2 aromatic heterocycles. The van der Waals surface area contributed by atoms with Crippen molar-refractivity contribution in [2.24, 2.45) is 5.73 Å². The molecule has 154 valence electrons. The van der Waals surface area contributed by atoms with E-state index in [0.717, 1.165) is 24.9 Å². The van der Waals surface area contributed by atoms with Gasteiger partial charge in [0.25, 0.3) is 11.8 Å². The second-order valence-electron chi connectivity index (χ2n) is 7.30. The largest absolute Gasteiger partial charge is 0.364 e. The molecule has 30 heavy (non-hydrogen) atoms. The molecule has 3 aromatic rings. The van der Waals surface area contributed by atoms with Gasteiger partial charge in [-0.25, -0.2) is 14.6 Å². The van der Waals surface area contributed by atoms with Gasteiger partial charge in [-0.2, -0.15) is 0 Å². The standard InChI is InChI=1S/C21H23N7O2/c1-12-4-9-16(25-11-12)26-21(30)14-7-5-13(6-8-14)17-18(19(22)29)28(23)20(27-17)15-3-2-10-24-15/h4-9,11,15,24H,2-3,10,23H2,1H3,(H2,22,29)(H,25,26,30)/t15-/m0/s1. The molecule has 1 atom stereocenters. The molecular weight excluding hydrogens is 382 g/mol. The minimum absolute atomic E-state index is 0.0195. The summed E-state index contributed by atoms with van der Waals surface area (Å²) >= 11 is 0. The zero-order valence-corrected chi connectivity index (χ0v) is 16.6. The average molecular weight is 405 g/mol. The highest BCUT2D eigenvalue weighted by atomic mass is 16.2. The van der Waals surface area contributed by atoms with Gasteiger partial charge >= 0.3 is 0 Å². The number of primary amides is 1. The lowest BCUT2D eigenvalue weighted by Gasteiger charge is -2.09. The first-order valence-electron chi connectivity index (χ1n) is 9.69. The molecule has 3 heterocycles. The number of aromatic nitrogens is 3. The van der Waals surface area contributed by atoms with Gasteiger partial charge in [-0.1, -0.05) is 18.2 Å². The number of hydrogen-bond acceptors (Lipinski definition) is 6. The van der Waals surface area contributed by atoms with Gasteiger partial charge < -0.3 is 22.2 Å². The van der Waals surface area contributed by atoms with E-state index in [4.69, 9.17) is 11.6 Å². The molecule has 1 aromatic carbocycles. The predicted octanol–water partition coefficient (Wildman–Crippen LogP) is 1.74. The van der Waals surface area contributed by atoms with Gasteiger partial charge in [0.05, 0.1) is 6.04 Å². The molecule has 1 fully saturated rings. The molecule has 1 aliphatic heterocycles. The Labute approximate surface area is 173 Å². The lowest BCUT2D eigenvalue weighted by molar-refractivity contribution is 0.0991. The summed E-state index contributed by atoms with van der Waals surface area (Å²) in [5.74, 6) is 6.25.